The topological polar surface area (TPSA) is 128 Å². The SMILES string of the molecule is CC(=O)N[C@]12[C@@H](O)C[C@@]3(C)[C@@H](C[C@H]4OC(C)(C)O[C@]43C(=O)COC(C)=O)[C@@H]1CCC1=CC(=O)CC[C@@]12C. The molecule has 1 saturated heterocycles. The lowest BCUT2D eigenvalue weighted by Gasteiger charge is -2.67. The molecular formula is C28H39NO8. The van der Waals surface area contributed by atoms with Gasteiger partial charge in [0.25, 0.3) is 0 Å². The van der Waals surface area contributed by atoms with Crippen molar-refractivity contribution in [1.29, 1.82) is 0 Å². The Bertz CT molecular complexity index is 1100. The van der Waals surface area contributed by atoms with Crippen molar-refractivity contribution >= 4 is 23.4 Å². The minimum Gasteiger partial charge on any atom is -0.458 e. The maximum Gasteiger partial charge on any atom is 0.303 e. The van der Waals surface area contributed by atoms with Crippen LogP contribution in [0.4, 0.5) is 0 Å². The molecular weight excluding hydrogens is 478 g/mol. The number of fused-ring (bicyclic) bond motifs is 7. The Morgan fingerprint density at radius 3 is 2.49 bits per heavy atom. The molecule has 1 aliphatic heterocycles. The Hall–Kier alpha value is -2.10. The lowest BCUT2D eigenvalue weighted by Crippen LogP contribution is -2.77. The van der Waals surface area contributed by atoms with Crippen molar-refractivity contribution in [2.45, 2.75) is 109 Å². The van der Waals surface area contributed by atoms with E-state index in [2.05, 4.69) is 12.2 Å². The fraction of sp³-hybridized carbons (Fsp3) is 0.786. The quantitative estimate of drug-likeness (QED) is 0.544. The molecule has 0 aromatic rings. The number of Topliss-reactive ketones (excluding diaryl/α,β-unsaturated/α-hetero) is 1. The highest BCUT2D eigenvalue weighted by Crippen LogP contribution is 2.71. The smallest absolute Gasteiger partial charge is 0.303 e. The Kier molecular flexibility index (Phi) is 5.87. The fourth-order valence-electron chi connectivity index (χ4n) is 9.14. The van der Waals surface area contributed by atoms with Crippen molar-refractivity contribution in [1.82, 2.24) is 5.32 Å². The van der Waals surface area contributed by atoms with Gasteiger partial charge in [-0.3, -0.25) is 19.2 Å². The first-order valence-corrected chi connectivity index (χ1v) is 13.4. The van der Waals surface area contributed by atoms with Gasteiger partial charge in [0.05, 0.1) is 17.7 Å². The molecule has 8 atom stereocenters. The normalized spacial score (nSPS) is 45.6. The van der Waals surface area contributed by atoms with Gasteiger partial charge in [0.1, 0.15) is 0 Å². The van der Waals surface area contributed by atoms with Crippen LogP contribution in [0, 0.1) is 22.7 Å². The van der Waals surface area contributed by atoms with E-state index in [9.17, 15) is 24.3 Å². The number of amides is 1. The first-order chi connectivity index (χ1) is 17.1. The molecule has 1 heterocycles. The second kappa shape index (κ2) is 8.20. The zero-order chi connectivity index (χ0) is 27.2. The third-order valence-corrected chi connectivity index (χ3v) is 10.4. The van der Waals surface area contributed by atoms with E-state index in [1.165, 1.54) is 13.8 Å². The molecule has 5 aliphatic rings. The number of carbonyl (C=O) groups is 4. The predicted molar refractivity (Wildman–Crippen MR) is 131 cm³/mol. The standard InChI is InChI=1S/C28H39NO8/c1-15(30)29-27-19(8-7-17-11-18(32)9-10-25(17,27)5)20-12-23-28(37-24(3,4)36-23,22(34)14-35-16(2)31)26(20,6)13-21(27)33/h11,19-21,23,33H,7-10,12-14H2,1-6H3,(H,29,30)/t19-,20-,21-,23+,25-,26-,27-,28+/m0/s1. The molecule has 204 valence electrons. The van der Waals surface area contributed by atoms with E-state index in [0.29, 0.717) is 32.1 Å². The van der Waals surface area contributed by atoms with Crippen molar-refractivity contribution < 1.29 is 38.5 Å². The number of aliphatic hydroxyl groups excluding tert-OH is 1. The summed E-state index contributed by atoms with van der Waals surface area (Å²) in [6.45, 7) is 9.86. The van der Waals surface area contributed by atoms with E-state index in [1.807, 2.05) is 6.92 Å². The van der Waals surface area contributed by atoms with Crippen LogP contribution in [0.5, 0.6) is 0 Å². The Morgan fingerprint density at radius 2 is 1.84 bits per heavy atom. The van der Waals surface area contributed by atoms with E-state index in [0.717, 1.165) is 5.57 Å². The summed E-state index contributed by atoms with van der Waals surface area (Å²) in [4.78, 5) is 50.5. The van der Waals surface area contributed by atoms with Gasteiger partial charge in [-0.2, -0.15) is 0 Å². The van der Waals surface area contributed by atoms with Crippen molar-refractivity contribution in [2.75, 3.05) is 6.61 Å². The molecule has 9 nitrogen and oxygen atoms in total. The van der Waals surface area contributed by atoms with Crippen molar-refractivity contribution in [2.24, 2.45) is 22.7 Å². The highest BCUT2D eigenvalue weighted by Gasteiger charge is 2.79. The maximum absolute atomic E-state index is 13.9. The van der Waals surface area contributed by atoms with Crippen LogP contribution in [-0.4, -0.2) is 64.3 Å². The molecule has 9 heteroatoms. The third kappa shape index (κ3) is 3.39. The summed E-state index contributed by atoms with van der Waals surface area (Å²) in [5, 5.41) is 15.3. The number of ketones is 2. The molecule has 1 amide bonds. The molecule has 2 N–H and O–H groups in total. The lowest BCUT2D eigenvalue weighted by atomic mass is 9.41. The molecule has 0 aromatic heterocycles. The zero-order valence-electron chi connectivity index (χ0n) is 22.6. The number of esters is 1. The summed E-state index contributed by atoms with van der Waals surface area (Å²) >= 11 is 0. The van der Waals surface area contributed by atoms with Crippen molar-refractivity contribution in [3.05, 3.63) is 11.6 Å². The second-order valence-corrected chi connectivity index (χ2v) is 12.7. The van der Waals surface area contributed by atoms with Gasteiger partial charge in [-0.15, -0.1) is 0 Å². The molecule has 5 rings (SSSR count). The average Bonchev–Trinajstić information content (AvgIpc) is 3.19. The number of rotatable bonds is 4. The second-order valence-electron chi connectivity index (χ2n) is 12.7. The van der Waals surface area contributed by atoms with Gasteiger partial charge in [-0.1, -0.05) is 19.4 Å². The highest BCUT2D eigenvalue weighted by molar-refractivity contribution is 5.93. The van der Waals surface area contributed by atoms with Crippen LogP contribution in [0.15, 0.2) is 11.6 Å². The molecule has 4 aliphatic carbocycles. The zero-order valence-corrected chi connectivity index (χ0v) is 22.6. The lowest BCUT2D eigenvalue weighted by molar-refractivity contribution is -0.234. The van der Waals surface area contributed by atoms with Crippen LogP contribution >= 0.6 is 0 Å². The first-order valence-electron chi connectivity index (χ1n) is 13.4. The Morgan fingerprint density at radius 1 is 1.14 bits per heavy atom. The van der Waals surface area contributed by atoms with Gasteiger partial charge in [-0.25, -0.2) is 0 Å². The summed E-state index contributed by atoms with van der Waals surface area (Å²) in [6.07, 6.45) is 3.05. The summed E-state index contributed by atoms with van der Waals surface area (Å²) in [6, 6.07) is 0. The number of ether oxygens (including phenoxy) is 3. The largest absolute Gasteiger partial charge is 0.458 e. The molecule has 0 unspecified atom stereocenters. The highest BCUT2D eigenvalue weighted by atomic mass is 16.8. The number of carbonyl (C=O) groups excluding carboxylic acids is 4. The van der Waals surface area contributed by atoms with E-state index >= 15 is 0 Å². The third-order valence-electron chi connectivity index (χ3n) is 10.4. The van der Waals surface area contributed by atoms with Gasteiger partial charge in [0, 0.05) is 31.1 Å². The molecule has 4 fully saturated rings. The van der Waals surface area contributed by atoms with Gasteiger partial charge < -0.3 is 24.6 Å². The molecule has 0 radical (unpaired) electrons. The van der Waals surface area contributed by atoms with E-state index in [-0.39, 0.29) is 35.7 Å². The monoisotopic (exact) mass is 517 g/mol. The summed E-state index contributed by atoms with van der Waals surface area (Å²) in [5.41, 5.74) is -2.87. The fourth-order valence-corrected chi connectivity index (χ4v) is 9.14. The Balaban J connectivity index is 1.64. The van der Waals surface area contributed by atoms with E-state index in [4.69, 9.17) is 14.2 Å². The van der Waals surface area contributed by atoms with Crippen LogP contribution in [0.3, 0.4) is 0 Å². The van der Waals surface area contributed by atoms with Crippen LogP contribution in [0.1, 0.15) is 80.1 Å². The number of nitrogens with one attached hydrogen (secondary N) is 1. The van der Waals surface area contributed by atoms with Gasteiger partial charge in [0.2, 0.25) is 11.7 Å². The molecule has 3 saturated carbocycles. The first kappa shape index (κ1) is 26.5. The minimum absolute atomic E-state index is 0.0773. The summed E-state index contributed by atoms with van der Waals surface area (Å²) < 4.78 is 18.0. The van der Waals surface area contributed by atoms with Crippen LogP contribution in [0.2, 0.25) is 0 Å². The van der Waals surface area contributed by atoms with E-state index in [1.54, 1.807) is 19.9 Å². The number of aliphatic hydroxyl groups is 1. The van der Waals surface area contributed by atoms with Crippen LogP contribution in [-0.2, 0) is 33.4 Å². The van der Waals surface area contributed by atoms with E-state index < -0.39 is 52.5 Å². The molecule has 37 heavy (non-hydrogen) atoms. The molecule has 0 spiro atoms. The number of hydrogen-bond donors (Lipinski definition) is 2. The predicted octanol–water partition coefficient (Wildman–Crippen LogP) is 2.38. The molecule has 0 bridgehead atoms. The molecule has 0 aromatic carbocycles. The van der Waals surface area contributed by atoms with Crippen LogP contribution in [0.25, 0.3) is 0 Å². The van der Waals surface area contributed by atoms with Crippen molar-refractivity contribution in [3.8, 4) is 0 Å². The maximum atomic E-state index is 13.9. The number of hydrogen-bond acceptors (Lipinski definition) is 8. The van der Waals surface area contributed by atoms with Crippen molar-refractivity contribution in [3.63, 3.8) is 0 Å². The minimum atomic E-state index is -1.40. The van der Waals surface area contributed by atoms with Gasteiger partial charge in [0.15, 0.2) is 23.8 Å². The summed E-state index contributed by atoms with van der Waals surface area (Å²) in [5.74, 6) is -2.42. The van der Waals surface area contributed by atoms with Gasteiger partial charge >= 0.3 is 5.97 Å². The summed E-state index contributed by atoms with van der Waals surface area (Å²) in [7, 11) is 0. The Labute approximate surface area is 217 Å². The average molecular weight is 518 g/mol. The van der Waals surface area contributed by atoms with Gasteiger partial charge in [-0.05, 0) is 63.9 Å². The van der Waals surface area contributed by atoms with Crippen LogP contribution < -0.4 is 5.32 Å².